The van der Waals surface area contributed by atoms with Gasteiger partial charge < -0.3 is 5.32 Å². The van der Waals surface area contributed by atoms with Gasteiger partial charge in [-0.25, -0.2) is 0 Å². The molecule has 2 rings (SSSR count). The molecule has 3 nitrogen and oxygen atoms in total. The van der Waals surface area contributed by atoms with Crippen LogP contribution < -0.4 is 5.32 Å². The van der Waals surface area contributed by atoms with Crippen molar-refractivity contribution < 1.29 is 4.21 Å². The first-order valence-corrected chi connectivity index (χ1v) is 8.16. The topological polar surface area (TPSA) is 32.3 Å². The third-order valence-electron chi connectivity index (χ3n) is 3.59. The molecule has 1 aromatic carbocycles. The summed E-state index contributed by atoms with van der Waals surface area (Å²) in [5.74, 6) is 0.769. The summed E-state index contributed by atoms with van der Waals surface area (Å²) in [7, 11) is -0.699. The normalized spacial score (nSPS) is 27.0. The Hall–Kier alpha value is -0.710. The van der Waals surface area contributed by atoms with Crippen LogP contribution in [0.3, 0.4) is 0 Å². The van der Waals surface area contributed by atoms with Crippen LogP contribution in [-0.4, -0.2) is 47.3 Å². The molecule has 18 heavy (non-hydrogen) atoms. The summed E-state index contributed by atoms with van der Waals surface area (Å²) in [6, 6.07) is 10.6. The van der Waals surface area contributed by atoms with E-state index in [0.29, 0.717) is 0 Å². The SMILES string of the molecule is CS(=O)CCN1CCNC(C)(c2ccccc2)C1. The van der Waals surface area contributed by atoms with E-state index in [4.69, 9.17) is 0 Å². The third-order valence-corrected chi connectivity index (χ3v) is 4.35. The molecule has 1 aliphatic heterocycles. The summed E-state index contributed by atoms with van der Waals surface area (Å²) in [4.78, 5) is 2.41. The van der Waals surface area contributed by atoms with Crippen molar-refractivity contribution in [1.29, 1.82) is 0 Å². The predicted octanol–water partition coefficient (Wildman–Crippen LogP) is 1.19. The zero-order valence-electron chi connectivity index (χ0n) is 11.2. The fourth-order valence-electron chi connectivity index (χ4n) is 2.52. The van der Waals surface area contributed by atoms with Crippen LogP contribution in [0.4, 0.5) is 0 Å². The van der Waals surface area contributed by atoms with Gasteiger partial charge in [0.25, 0.3) is 0 Å². The lowest BCUT2D eigenvalue weighted by molar-refractivity contribution is 0.150. The molecule has 0 amide bonds. The number of nitrogens with zero attached hydrogens (tertiary/aromatic N) is 1. The van der Waals surface area contributed by atoms with Crippen molar-refractivity contribution in [2.24, 2.45) is 0 Å². The summed E-state index contributed by atoms with van der Waals surface area (Å²) >= 11 is 0. The number of piperazine rings is 1. The second-order valence-electron chi connectivity index (χ2n) is 5.18. The molecule has 0 bridgehead atoms. The molecule has 2 atom stereocenters. The third kappa shape index (κ3) is 3.40. The Kier molecular flexibility index (Phi) is 4.54. The molecule has 100 valence electrons. The zero-order chi connectivity index (χ0) is 13.0. The quantitative estimate of drug-likeness (QED) is 0.888. The standard InChI is InChI=1S/C14H22N2OS/c1-14(13-6-4-3-5-7-13)12-16(9-8-15-14)10-11-18(2)17/h3-7,15H,8-12H2,1-2H3. The molecule has 1 aliphatic rings. The number of hydrogen-bond donors (Lipinski definition) is 1. The van der Waals surface area contributed by atoms with Crippen LogP contribution in [0.15, 0.2) is 30.3 Å². The molecule has 1 N–H and O–H groups in total. The average Bonchev–Trinajstić information content (AvgIpc) is 2.38. The Labute approximate surface area is 112 Å². The fraction of sp³-hybridized carbons (Fsp3) is 0.571. The lowest BCUT2D eigenvalue weighted by Gasteiger charge is -2.42. The number of hydrogen-bond acceptors (Lipinski definition) is 3. The highest BCUT2D eigenvalue weighted by molar-refractivity contribution is 7.84. The minimum Gasteiger partial charge on any atom is -0.305 e. The van der Waals surface area contributed by atoms with Crippen LogP contribution in [0.5, 0.6) is 0 Å². The van der Waals surface area contributed by atoms with Gasteiger partial charge in [-0.15, -0.1) is 0 Å². The maximum atomic E-state index is 11.2. The van der Waals surface area contributed by atoms with E-state index >= 15 is 0 Å². The highest BCUT2D eigenvalue weighted by Gasteiger charge is 2.31. The first-order chi connectivity index (χ1) is 8.60. The molecular formula is C14H22N2OS. The molecule has 0 saturated carbocycles. The summed E-state index contributed by atoms with van der Waals surface area (Å²) in [6.07, 6.45) is 1.78. The Morgan fingerprint density at radius 3 is 2.78 bits per heavy atom. The first kappa shape index (κ1) is 13.7. The van der Waals surface area contributed by atoms with Gasteiger partial charge in [-0.3, -0.25) is 9.11 Å². The van der Waals surface area contributed by atoms with E-state index in [1.54, 1.807) is 6.26 Å². The molecule has 4 heteroatoms. The summed E-state index contributed by atoms with van der Waals surface area (Å²) < 4.78 is 11.2. The van der Waals surface area contributed by atoms with Gasteiger partial charge in [0.05, 0.1) is 5.54 Å². The van der Waals surface area contributed by atoms with E-state index in [9.17, 15) is 4.21 Å². The van der Waals surface area contributed by atoms with Gasteiger partial charge in [-0.2, -0.15) is 0 Å². The molecule has 0 aromatic heterocycles. The minimum atomic E-state index is -0.699. The number of benzene rings is 1. The predicted molar refractivity (Wildman–Crippen MR) is 77.2 cm³/mol. The van der Waals surface area contributed by atoms with E-state index in [2.05, 4.69) is 41.4 Å². The highest BCUT2D eigenvalue weighted by Crippen LogP contribution is 2.23. The van der Waals surface area contributed by atoms with Crippen LogP contribution in [0.1, 0.15) is 12.5 Å². The number of rotatable bonds is 4. The lowest BCUT2D eigenvalue weighted by atomic mass is 9.90. The zero-order valence-corrected chi connectivity index (χ0v) is 12.0. The van der Waals surface area contributed by atoms with Gasteiger partial charge in [0.15, 0.2) is 0 Å². The van der Waals surface area contributed by atoms with Crippen LogP contribution in [0.25, 0.3) is 0 Å². The molecule has 0 radical (unpaired) electrons. The van der Waals surface area contributed by atoms with E-state index in [-0.39, 0.29) is 5.54 Å². The van der Waals surface area contributed by atoms with Crippen molar-refractivity contribution in [2.45, 2.75) is 12.5 Å². The molecule has 1 saturated heterocycles. The van der Waals surface area contributed by atoms with Gasteiger partial charge in [0, 0.05) is 49.0 Å². The van der Waals surface area contributed by atoms with Gasteiger partial charge in [0.2, 0.25) is 0 Å². The molecular weight excluding hydrogens is 244 g/mol. The van der Waals surface area contributed by atoms with E-state index in [0.717, 1.165) is 31.9 Å². The lowest BCUT2D eigenvalue weighted by Crippen LogP contribution is -2.57. The van der Waals surface area contributed by atoms with Crippen molar-refractivity contribution in [3.05, 3.63) is 35.9 Å². The Balaban J connectivity index is 2.03. The largest absolute Gasteiger partial charge is 0.305 e. The second-order valence-corrected chi connectivity index (χ2v) is 6.73. The van der Waals surface area contributed by atoms with Crippen LogP contribution in [-0.2, 0) is 16.3 Å². The van der Waals surface area contributed by atoms with Gasteiger partial charge in [-0.1, -0.05) is 30.3 Å². The highest BCUT2D eigenvalue weighted by atomic mass is 32.2. The van der Waals surface area contributed by atoms with Crippen LogP contribution in [0.2, 0.25) is 0 Å². The maximum Gasteiger partial charge on any atom is 0.0535 e. The summed E-state index contributed by atoms with van der Waals surface area (Å²) in [5.41, 5.74) is 1.33. The molecule has 1 fully saturated rings. The van der Waals surface area contributed by atoms with Gasteiger partial charge in [0.1, 0.15) is 0 Å². The van der Waals surface area contributed by atoms with Crippen molar-refractivity contribution in [3.63, 3.8) is 0 Å². The average molecular weight is 266 g/mol. The molecule has 1 heterocycles. The van der Waals surface area contributed by atoms with Gasteiger partial charge >= 0.3 is 0 Å². The summed E-state index contributed by atoms with van der Waals surface area (Å²) in [6.45, 7) is 6.18. The molecule has 0 spiro atoms. The smallest absolute Gasteiger partial charge is 0.0535 e. The Bertz CT molecular complexity index is 410. The van der Waals surface area contributed by atoms with Gasteiger partial charge in [-0.05, 0) is 12.5 Å². The summed E-state index contributed by atoms with van der Waals surface area (Å²) in [5, 5.41) is 3.61. The monoisotopic (exact) mass is 266 g/mol. The Morgan fingerprint density at radius 2 is 2.11 bits per heavy atom. The van der Waals surface area contributed by atoms with Crippen molar-refractivity contribution in [1.82, 2.24) is 10.2 Å². The Morgan fingerprint density at radius 1 is 1.39 bits per heavy atom. The number of nitrogens with one attached hydrogen (secondary N) is 1. The molecule has 1 aromatic rings. The van der Waals surface area contributed by atoms with E-state index < -0.39 is 10.8 Å². The second kappa shape index (κ2) is 5.95. The van der Waals surface area contributed by atoms with Crippen molar-refractivity contribution in [3.8, 4) is 0 Å². The molecule has 2 unspecified atom stereocenters. The van der Waals surface area contributed by atoms with E-state index in [1.807, 2.05) is 6.07 Å². The van der Waals surface area contributed by atoms with Crippen LogP contribution in [0, 0.1) is 0 Å². The molecule has 0 aliphatic carbocycles. The van der Waals surface area contributed by atoms with Crippen molar-refractivity contribution >= 4 is 10.8 Å². The first-order valence-electron chi connectivity index (χ1n) is 6.43. The van der Waals surface area contributed by atoms with E-state index in [1.165, 1.54) is 5.56 Å². The van der Waals surface area contributed by atoms with Crippen LogP contribution >= 0.6 is 0 Å². The van der Waals surface area contributed by atoms with Crippen molar-refractivity contribution in [2.75, 3.05) is 38.2 Å². The maximum absolute atomic E-state index is 11.2. The minimum absolute atomic E-state index is 0.00867. The fourth-order valence-corrected chi connectivity index (χ4v) is 3.04.